The van der Waals surface area contributed by atoms with Gasteiger partial charge in [-0.2, -0.15) is 0 Å². The van der Waals surface area contributed by atoms with Crippen LogP contribution in [0.2, 0.25) is 0 Å². The minimum absolute atomic E-state index is 0.181. The van der Waals surface area contributed by atoms with Crippen LogP contribution < -0.4 is 26.6 Å². The van der Waals surface area contributed by atoms with E-state index in [1.54, 1.807) is 0 Å². The number of amides is 7. The smallest absolute Gasteiger partial charge is 0.352 e. The summed E-state index contributed by atoms with van der Waals surface area (Å²) in [5.74, 6) is -9.00. The van der Waals surface area contributed by atoms with Crippen molar-refractivity contribution in [1.29, 1.82) is 0 Å². The quantitative estimate of drug-likeness (QED) is 0.0220. The van der Waals surface area contributed by atoms with Crippen molar-refractivity contribution in [1.82, 2.24) is 36.5 Å². The fourth-order valence-corrected chi connectivity index (χ4v) is 8.01. The molecule has 4 aliphatic heterocycles. The van der Waals surface area contributed by atoms with Crippen molar-refractivity contribution in [3.05, 3.63) is 0 Å². The molecule has 35 heteroatoms. The number of hydrogen-bond donors (Lipinski definition) is 17. The molecule has 4 heterocycles. The zero-order valence-electron chi connectivity index (χ0n) is 42.5. The molecular formula is C44H71N7O28. The molecule has 0 aromatic rings. The number of Topliss-reactive ketones (excluding diaryl/α,β-unsaturated/α-hetero) is 1. The monoisotopic (exact) mass is 1150 g/mol. The largest absolute Gasteiger partial charge is 0.394 e. The van der Waals surface area contributed by atoms with Crippen LogP contribution in [0.25, 0.3) is 0 Å². The first-order chi connectivity index (χ1) is 37.5. The molecule has 17 N–H and O–H groups in total. The van der Waals surface area contributed by atoms with E-state index >= 15 is 0 Å². The number of hydrogen-bond acceptors (Lipinski definition) is 29. The Balaban J connectivity index is 1.34. The minimum atomic E-state index is -1.76. The van der Waals surface area contributed by atoms with E-state index in [1.165, 1.54) is 0 Å². The van der Waals surface area contributed by atoms with Crippen LogP contribution in [-0.4, -0.2) is 308 Å². The van der Waals surface area contributed by atoms with Crippen molar-refractivity contribution >= 4 is 53.1 Å². The van der Waals surface area contributed by atoms with Gasteiger partial charge in [-0.25, -0.2) is 4.79 Å². The highest BCUT2D eigenvalue weighted by Crippen LogP contribution is 2.24. The fraction of sp³-hybridized carbons (Fsp3) is 0.795. The Hall–Kier alpha value is -5.13. The number of rotatable bonds is 32. The third-order valence-corrected chi connectivity index (χ3v) is 12.4. The number of imide groups is 1. The van der Waals surface area contributed by atoms with Crippen LogP contribution in [0.1, 0.15) is 32.1 Å². The fourth-order valence-electron chi connectivity index (χ4n) is 8.01. The zero-order chi connectivity index (χ0) is 58.5. The van der Waals surface area contributed by atoms with Crippen LogP contribution in [0.15, 0.2) is 0 Å². The number of nitrogens with zero attached hydrogens (tertiary/aromatic N) is 2. The van der Waals surface area contributed by atoms with Gasteiger partial charge in [0.15, 0.2) is 24.7 Å². The van der Waals surface area contributed by atoms with Gasteiger partial charge in [-0.3, -0.25) is 43.3 Å². The molecule has 0 aromatic heterocycles. The number of ketones is 1. The Kier molecular flexibility index (Phi) is 27.7. The van der Waals surface area contributed by atoms with Crippen molar-refractivity contribution < 1.29 is 138 Å². The number of nitrogens with one attached hydrogen (secondary N) is 5. The number of aliphatic hydroxyl groups excluding tert-OH is 12. The number of aliphatic hydroxyl groups is 12. The average molecular weight is 1150 g/mol. The molecule has 450 valence electrons. The molecule has 4 aliphatic rings. The molecule has 0 saturated carbocycles. The van der Waals surface area contributed by atoms with Crippen LogP contribution in [0.3, 0.4) is 0 Å². The SMILES string of the molecule is O=C(CNC(=O)CN(CC(=O)NCCO[C@H]1O[C@H](CO)[C@@H](O)[C@H](O)[C@@H]1O)CC(=O)NCCO[C@H]1O[C@H](CO)[C@@H](O)[C@H](O)[C@@H]1O)C[C@@H](CCC(=O)NCC(=O)ON1C(=O)CCC1=O)C(=O)NCCO[C@H]1O[C@H](CO)[C@@H](O)[C@H](O)[C@@H]1O. The van der Waals surface area contributed by atoms with Crippen LogP contribution in [-0.2, 0) is 76.4 Å². The first kappa shape index (κ1) is 66.4. The molecule has 35 nitrogen and oxygen atoms in total. The Bertz CT molecular complexity index is 1970. The highest BCUT2D eigenvalue weighted by molar-refractivity contribution is 6.01. The second-order valence-corrected chi connectivity index (χ2v) is 18.4. The lowest BCUT2D eigenvalue weighted by molar-refractivity contribution is -0.300. The molecule has 0 spiro atoms. The van der Waals surface area contributed by atoms with Crippen molar-refractivity contribution in [2.75, 3.05) is 92.0 Å². The second-order valence-electron chi connectivity index (χ2n) is 18.4. The molecule has 7 amide bonds. The lowest BCUT2D eigenvalue weighted by Crippen LogP contribution is -2.59. The second kappa shape index (κ2) is 33.0. The molecule has 0 unspecified atom stereocenters. The van der Waals surface area contributed by atoms with E-state index in [0.717, 1.165) is 4.90 Å². The van der Waals surface area contributed by atoms with Gasteiger partial charge in [-0.05, 0) is 6.42 Å². The van der Waals surface area contributed by atoms with Gasteiger partial charge >= 0.3 is 5.97 Å². The highest BCUT2D eigenvalue weighted by atomic mass is 16.7. The summed E-state index contributed by atoms with van der Waals surface area (Å²) in [4.78, 5) is 120. The summed E-state index contributed by atoms with van der Waals surface area (Å²) in [6.07, 6.45) is -25.7. The Morgan fingerprint density at radius 2 is 0.899 bits per heavy atom. The zero-order valence-corrected chi connectivity index (χ0v) is 42.5. The Labute approximate surface area is 448 Å². The van der Waals surface area contributed by atoms with Crippen LogP contribution in [0, 0.1) is 5.92 Å². The molecule has 0 aliphatic carbocycles. The molecule has 0 radical (unpaired) electrons. The van der Waals surface area contributed by atoms with E-state index < -0.39 is 223 Å². The Morgan fingerprint density at radius 1 is 0.519 bits per heavy atom. The van der Waals surface area contributed by atoms with Gasteiger partial charge in [-0.1, -0.05) is 0 Å². The Morgan fingerprint density at radius 3 is 1.30 bits per heavy atom. The summed E-state index contributed by atoms with van der Waals surface area (Å²) in [6, 6.07) is 0. The summed E-state index contributed by atoms with van der Waals surface area (Å²) >= 11 is 0. The molecule has 4 fully saturated rings. The van der Waals surface area contributed by atoms with Gasteiger partial charge in [0.25, 0.3) is 11.8 Å². The summed E-state index contributed by atoms with van der Waals surface area (Å²) in [5, 5.41) is 131. The number of carbonyl (C=O) groups is 9. The van der Waals surface area contributed by atoms with Crippen molar-refractivity contribution in [2.45, 2.75) is 124 Å². The lowest BCUT2D eigenvalue weighted by Gasteiger charge is -2.39. The van der Waals surface area contributed by atoms with E-state index in [2.05, 4.69) is 26.6 Å². The van der Waals surface area contributed by atoms with E-state index in [-0.39, 0.29) is 57.2 Å². The number of hydroxylamine groups is 2. The van der Waals surface area contributed by atoms with Crippen LogP contribution in [0.4, 0.5) is 0 Å². The third kappa shape index (κ3) is 20.4. The van der Waals surface area contributed by atoms with E-state index in [0.29, 0.717) is 0 Å². The van der Waals surface area contributed by atoms with Crippen LogP contribution >= 0.6 is 0 Å². The molecule has 4 rings (SSSR count). The number of ether oxygens (including phenoxy) is 6. The van der Waals surface area contributed by atoms with Gasteiger partial charge in [0.05, 0.1) is 65.8 Å². The molecule has 0 aromatic carbocycles. The minimum Gasteiger partial charge on any atom is -0.394 e. The molecular weight excluding hydrogens is 1070 g/mol. The molecule has 0 bridgehead atoms. The van der Waals surface area contributed by atoms with Gasteiger partial charge in [0, 0.05) is 51.2 Å². The van der Waals surface area contributed by atoms with Crippen molar-refractivity contribution in [3.8, 4) is 0 Å². The first-order valence-electron chi connectivity index (χ1n) is 24.9. The van der Waals surface area contributed by atoms with E-state index in [9.17, 15) is 104 Å². The van der Waals surface area contributed by atoms with Crippen molar-refractivity contribution in [2.24, 2.45) is 5.92 Å². The van der Waals surface area contributed by atoms with Gasteiger partial charge in [0.2, 0.25) is 29.5 Å². The molecule has 16 atom stereocenters. The molecule has 79 heavy (non-hydrogen) atoms. The predicted molar refractivity (Wildman–Crippen MR) is 250 cm³/mol. The number of carbonyl (C=O) groups excluding carboxylic acids is 9. The maximum atomic E-state index is 13.4. The summed E-state index contributed by atoms with van der Waals surface area (Å²) in [7, 11) is 0. The van der Waals surface area contributed by atoms with E-state index in [1.807, 2.05) is 0 Å². The highest BCUT2D eigenvalue weighted by Gasteiger charge is 2.46. The standard InChI is InChI=1S/C44H71N7O28/c52-17-22-32(63)35(66)38(69)42(76-22)73-8-5-45-26(57)14-50(15-27(58)46-6-9-74-43-39(70)36(67)33(64)23(18-53)77-43)16-28(59)48-12-21(55)11-20(1-2-25(56)49-13-31(62)79-51-29(60)3-4-30(51)61)41(72)47-7-10-75-44-40(71)37(68)34(65)24(19-54)78-44/h20,22-24,32-40,42-44,52-54,63-71H,1-19H2,(H,45,57)(H,46,58)(H,47,72)(H,48,59)(H,49,56)/t20-,22-,23-,24-,32-,33-,34-,35+,36+,37+,38+,39+,40+,42+,43+,44+/m1/s1. The maximum Gasteiger partial charge on any atom is 0.352 e. The summed E-state index contributed by atoms with van der Waals surface area (Å²) < 4.78 is 31.8. The average Bonchev–Trinajstić information content (AvgIpc) is 3.75. The molecule has 4 saturated heterocycles. The van der Waals surface area contributed by atoms with Gasteiger partial charge in [0.1, 0.15) is 79.8 Å². The lowest BCUT2D eigenvalue weighted by atomic mass is 9.95. The predicted octanol–water partition coefficient (Wildman–Crippen LogP) is -12.7. The normalized spacial score (nSPS) is 30.3. The first-order valence-corrected chi connectivity index (χ1v) is 24.9. The summed E-state index contributed by atoms with van der Waals surface area (Å²) in [5.41, 5.74) is 0. The van der Waals surface area contributed by atoms with E-state index in [4.69, 9.17) is 33.3 Å². The topological polar surface area (TPSA) is 528 Å². The van der Waals surface area contributed by atoms with Gasteiger partial charge < -0.3 is 121 Å². The third-order valence-electron chi connectivity index (χ3n) is 12.4. The van der Waals surface area contributed by atoms with Crippen LogP contribution in [0.5, 0.6) is 0 Å². The van der Waals surface area contributed by atoms with Crippen molar-refractivity contribution in [3.63, 3.8) is 0 Å². The maximum absolute atomic E-state index is 13.4. The van der Waals surface area contributed by atoms with Gasteiger partial charge in [-0.15, -0.1) is 5.06 Å². The summed E-state index contributed by atoms with van der Waals surface area (Å²) in [6.45, 7) is -7.77.